The van der Waals surface area contributed by atoms with Gasteiger partial charge in [0.1, 0.15) is 0 Å². The molecule has 0 aromatic rings. The van der Waals surface area contributed by atoms with Gasteiger partial charge in [-0.3, -0.25) is 4.79 Å². The van der Waals surface area contributed by atoms with Gasteiger partial charge in [-0.2, -0.15) is 0 Å². The molecule has 3 nitrogen and oxygen atoms in total. The second kappa shape index (κ2) is 6.55. The summed E-state index contributed by atoms with van der Waals surface area (Å²) in [5.41, 5.74) is 0.139. The number of esters is 1. The van der Waals surface area contributed by atoms with Crippen molar-refractivity contribution in [2.24, 2.45) is 17.3 Å². The van der Waals surface area contributed by atoms with Crippen molar-refractivity contribution in [3.8, 4) is 0 Å². The van der Waals surface area contributed by atoms with E-state index < -0.39 is 0 Å². The molecule has 106 valence electrons. The summed E-state index contributed by atoms with van der Waals surface area (Å²) in [6.07, 6.45) is 4.07. The highest BCUT2D eigenvalue weighted by Gasteiger charge is 2.25. The van der Waals surface area contributed by atoms with Gasteiger partial charge < -0.3 is 9.84 Å². The van der Waals surface area contributed by atoms with Crippen molar-refractivity contribution < 1.29 is 14.6 Å². The number of carbonyl (C=O) groups excluding carboxylic acids is 1. The van der Waals surface area contributed by atoms with Crippen LogP contribution in [-0.2, 0) is 9.53 Å². The first-order chi connectivity index (χ1) is 8.29. The smallest absolute Gasteiger partial charge is 0.306 e. The largest absolute Gasteiger partial charge is 0.465 e. The molecular weight excluding hydrogens is 228 g/mol. The molecule has 0 aliphatic heterocycles. The molecule has 3 atom stereocenters. The third kappa shape index (κ3) is 5.38. The quantitative estimate of drug-likeness (QED) is 0.786. The standard InChI is InChI=1S/C15H28O3/c1-11(15(2,3)4)8-14(17)18-10-12-6-5-7-13(16)9-12/h11-13,16H,5-10H2,1-4H3. The fourth-order valence-corrected chi connectivity index (χ4v) is 2.24. The summed E-state index contributed by atoms with van der Waals surface area (Å²) in [4.78, 5) is 11.7. The molecule has 18 heavy (non-hydrogen) atoms. The molecule has 0 aromatic heterocycles. The molecule has 0 heterocycles. The van der Waals surface area contributed by atoms with E-state index in [0.29, 0.717) is 24.9 Å². The first kappa shape index (κ1) is 15.5. The zero-order valence-electron chi connectivity index (χ0n) is 12.2. The Hall–Kier alpha value is -0.570. The van der Waals surface area contributed by atoms with Crippen LogP contribution in [0.25, 0.3) is 0 Å². The van der Waals surface area contributed by atoms with E-state index in [1.807, 2.05) is 0 Å². The van der Waals surface area contributed by atoms with Gasteiger partial charge in [0.15, 0.2) is 0 Å². The Bertz CT molecular complexity index is 267. The van der Waals surface area contributed by atoms with Crippen molar-refractivity contribution in [1.29, 1.82) is 0 Å². The fraction of sp³-hybridized carbons (Fsp3) is 0.933. The number of hydrogen-bond donors (Lipinski definition) is 1. The number of ether oxygens (including phenoxy) is 1. The minimum atomic E-state index is -0.198. The second-order valence-corrected chi connectivity index (χ2v) is 6.84. The molecule has 3 heteroatoms. The predicted molar refractivity (Wildman–Crippen MR) is 72.2 cm³/mol. The zero-order valence-corrected chi connectivity index (χ0v) is 12.2. The van der Waals surface area contributed by atoms with E-state index in [1.54, 1.807) is 0 Å². The van der Waals surface area contributed by atoms with E-state index in [-0.39, 0.29) is 17.5 Å². The lowest BCUT2D eigenvalue weighted by Gasteiger charge is -2.28. The van der Waals surface area contributed by atoms with Crippen LogP contribution >= 0.6 is 0 Å². The SMILES string of the molecule is CC(CC(=O)OCC1CCCC(O)C1)C(C)(C)C. The lowest BCUT2D eigenvalue weighted by Crippen LogP contribution is -2.26. The van der Waals surface area contributed by atoms with Gasteiger partial charge in [-0.15, -0.1) is 0 Å². The van der Waals surface area contributed by atoms with Gasteiger partial charge in [-0.05, 0) is 36.5 Å². The van der Waals surface area contributed by atoms with Crippen molar-refractivity contribution >= 4 is 5.97 Å². The van der Waals surface area contributed by atoms with Gasteiger partial charge in [0, 0.05) is 6.42 Å². The number of hydrogen-bond acceptors (Lipinski definition) is 3. The molecule has 3 unspecified atom stereocenters. The minimum absolute atomic E-state index is 0.0995. The van der Waals surface area contributed by atoms with Gasteiger partial charge in [0.25, 0.3) is 0 Å². The van der Waals surface area contributed by atoms with E-state index in [2.05, 4.69) is 27.7 Å². The molecule has 1 N–H and O–H groups in total. The topological polar surface area (TPSA) is 46.5 Å². The first-order valence-corrected chi connectivity index (χ1v) is 7.12. The van der Waals surface area contributed by atoms with Crippen LogP contribution in [0.3, 0.4) is 0 Å². The van der Waals surface area contributed by atoms with E-state index >= 15 is 0 Å². The highest BCUT2D eigenvalue weighted by molar-refractivity contribution is 5.69. The molecule has 0 saturated heterocycles. The Labute approximate surface area is 111 Å². The summed E-state index contributed by atoms with van der Waals surface area (Å²) >= 11 is 0. The van der Waals surface area contributed by atoms with Crippen LogP contribution in [0.1, 0.15) is 59.8 Å². The molecule has 0 radical (unpaired) electrons. The van der Waals surface area contributed by atoms with Crippen LogP contribution in [0.4, 0.5) is 0 Å². The summed E-state index contributed by atoms with van der Waals surface area (Å²) in [7, 11) is 0. The van der Waals surface area contributed by atoms with E-state index in [9.17, 15) is 9.90 Å². The van der Waals surface area contributed by atoms with Crippen LogP contribution in [-0.4, -0.2) is 23.8 Å². The van der Waals surface area contributed by atoms with Crippen molar-refractivity contribution in [2.75, 3.05) is 6.61 Å². The third-order valence-corrected chi connectivity index (χ3v) is 4.19. The molecule has 1 aliphatic carbocycles. The van der Waals surface area contributed by atoms with Gasteiger partial charge in [-0.25, -0.2) is 0 Å². The normalized spacial score (nSPS) is 26.7. The van der Waals surface area contributed by atoms with Crippen molar-refractivity contribution in [3.63, 3.8) is 0 Å². The van der Waals surface area contributed by atoms with Crippen molar-refractivity contribution in [2.45, 2.75) is 65.9 Å². The van der Waals surface area contributed by atoms with Gasteiger partial charge in [-0.1, -0.05) is 34.1 Å². The number of carbonyl (C=O) groups is 1. The summed E-state index contributed by atoms with van der Waals surface area (Å²) in [6.45, 7) is 8.99. The summed E-state index contributed by atoms with van der Waals surface area (Å²) in [6, 6.07) is 0. The lowest BCUT2D eigenvalue weighted by atomic mass is 9.80. The number of aliphatic hydroxyl groups excluding tert-OH is 1. The maximum absolute atomic E-state index is 11.7. The second-order valence-electron chi connectivity index (χ2n) is 6.84. The molecule has 1 aliphatic rings. The van der Waals surface area contributed by atoms with Crippen LogP contribution in [0.2, 0.25) is 0 Å². The molecule has 0 spiro atoms. The average molecular weight is 256 g/mol. The molecule has 0 bridgehead atoms. The molecular formula is C15H28O3. The monoisotopic (exact) mass is 256 g/mol. The molecule has 1 saturated carbocycles. The highest BCUT2D eigenvalue weighted by Crippen LogP contribution is 2.29. The van der Waals surface area contributed by atoms with Gasteiger partial charge in [0.2, 0.25) is 0 Å². The Kier molecular flexibility index (Phi) is 5.64. The van der Waals surface area contributed by atoms with E-state index in [1.165, 1.54) is 0 Å². The van der Waals surface area contributed by atoms with Crippen molar-refractivity contribution in [1.82, 2.24) is 0 Å². The summed E-state index contributed by atoms with van der Waals surface area (Å²) < 4.78 is 5.35. The number of aliphatic hydroxyl groups is 1. The lowest BCUT2D eigenvalue weighted by molar-refractivity contribution is -0.147. The fourth-order valence-electron chi connectivity index (χ4n) is 2.24. The van der Waals surface area contributed by atoms with Crippen LogP contribution in [0.5, 0.6) is 0 Å². The Morgan fingerprint density at radius 2 is 2.06 bits per heavy atom. The predicted octanol–water partition coefficient (Wildman–Crippen LogP) is 3.15. The van der Waals surface area contributed by atoms with Gasteiger partial charge >= 0.3 is 5.97 Å². The van der Waals surface area contributed by atoms with Crippen LogP contribution in [0.15, 0.2) is 0 Å². The molecule has 0 amide bonds. The Morgan fingerprint density at radius 3 is 2.61 bits per heavy atom. The molecule has 1 rings (SSSR count). The van der Waals surface area contributed by atoms with Gasteiger partial charge in [0.05, 0.1) is 12.7 Å². The van der Waals surface area contributed by atoms with E-state index in [0.717, 1.165) is 25.7 Å². The summed E-state index contributed by atoms with van der Waals surface area (Å²) in [5, 5.41) is 9.56. The Balaban J connectivity index is 2.24. The van der Waals surface area contributed by atoms with E-state index in [4.69, 9.17) is 4.74 Å². The average Bonchev–Trinajstić information content (AvgIpc) is 2.25. The zero-order chi connectivity index (χ0) is 13.8. The maximum Gasteiger partial charge on any atom is 0.306 e. The minimum Gasteiger partial charge on any atom is -0.465 e. The maximum atomic E-state index is 11.7. The van der Waals surface area contributed by atoms with Crippen molar-refractivity contribution in [3.05, 3.63) is 0 Å². The number of rotatable bonds is 4. The highest BCUT2D eigenvalue weighted by atomic mass is 16.5. The van der Waals surface area contributed by atoms with Crippen LogP contribution in [0, 0.1) is 17.3 Å². The summed E-state index contributed by atoms with van der Waals surface area (Å²) in [5.74, 6) is 0.571. The first-order valence-electron chi connectivity index (χ1n) is 7.12. The van der Waals surface area contributed by atoms with Crippen LogP contribution < -0.4 is 0 Å². The molecule has 1 fully saturated rings. The Morgan fingerprint density at radius 1 is 1.39 bits per heavy atom. The third-order valence-electron chi connectivity index (χ3n) is 4.19. The molecule has 0 aromatic carbocycles.